The van der Waals surface area contributed by atoms with Gasteiger partial charge in [-0.05, 0) is 37.6 Å². The minimum atomic E-state index is -0.598. The van der Waals surface area contributed by atoms with Crippen LogP contribution in [0.3, 0.4) is 0 Å². The number of carbonyl (C=O) groups excluding carboxylic acids is 1. The zero-order chi connectivity index (χ0) is 18.0. The van der Waals surface area contributed by atoms with Gasteiger partial charge in [0.25, 0.3) is 0 Å². The molecule has 3 aromatic rings. The number of hydrogen-bond donors (Lipinski definition) is 1. The number of carbonyl (C=O) groups is 1. The van der Waals surface area contributed by atoms with E-state index in [4.69, 9.17) is 5.73 Å². The van der Waals surface area contributed by atoms with Crippen LogP contribution in [0.2, 0.25) is 0 Å². The van der Waals surface area contributed by atoms with Crippen LogP contribution in [0.4, 0.5) is 16.4 Å². The number of rotatable bonds is 4. The first kappa shape index (κ1) is 16.7. The molecule has 0 aliphatic carbocycles. The first-order chi connectivity index (χ1) is 12.0. The summed E-state index contributed by atoms with van der Waals surface area (Å²) in [5.41, 5.74) is 9.29. The van der Waals surface area contributed by atoms with Gasteiger partial charge in [-0.2, -0.15) is 9.67 Å². The molecule has 0 saturated heterocycles. The highest BCUT2D eigenvalue weighted by molar-refractivity contribution is 5.97. The van der Waals surface area contributed by atoms with E-state index in [-0.39, 0.29) is 0 Å². The smallest absolute Gasteiger partial charge is 0.326 e. The van der Waals surface area contributed by atoms with Gasteiger partial charge in [-0.1, -0.05) is 42.8 Å². The lowest BCUT2D eigenvalue weighted by Crippen LogP contribution is -2.34. The molecule has 0 unspecified atom stereocenters. The second-order valence-corrected chi connectivity index (χ2v) is 5.89. The first-order valence-electron chi connectivity index (χ1n) is 8.19. The monoisotopic (exact) mass is 335 g/mol. The Morgan fingerprint density at radius 2 is 1.88 bits per heavy atom. The maximum absolute atomic E-state index is 12.3. The molecular formula is C19H21N5O. The molecule has 2 aromatic carbocycles. The van der Waals surface area contributed by atoms with Gasteiger partial charge in [0.15, 0.2) is 5.82 Å². The van der Waals surface area contributed by atoms with E-state index < -0.39 is 6.03 Å². The quantitative estimate of drug-likeness (QED) is 0.790. The van der Waals surface area contributed by atoms with Gasteiger partial charge < -0.3 is 5.73 Å². The molecule has 25 heavy (non-hydrogen) atoms. The number of anilines is 2. The Labute approximate surface area is 146 Å². The maximum atomic E-state index is 12.3. The van der Waals surface area contributed by atoms with Gasteiger partial charge in [0.05, 0.1) is 11.4 Å². The number of primary amides is 1. The van der Waals surface area contributed by atoms with Crippen molar-refractivity contribution in [2.45, 2.75) is 27.2 Å². The molecule has 2 N–H and O–H groups in total. The first-order valence-corrected chi connectivity index (χ1v) is 8.19. The molecule has 0 fully saturated rings. The lowest BCUT2D eigenvalue weighted by Gasteiger charge is -2.22. The SMILES string of the molecule is CCc1nc(N(C(N)=O)c2ccc(C)cc2C)n(-c2ccccc2)n1. The average Bonchev–Trinajstić information content (AvgIpc) is 3.01. The zero-order valence-electron chi connectivity index (χ0n) is 14.6. The molecule has 0 aliphatic heterocycles. The van der Waals surface area contributed by atoms with E-state index in [0.717, 1.165) is 16.8 Å². The molecule has 0 aliphatic rings. The molecule has 0 atom stereocenters. The van der Waals surface area contributed by atoms with Crippen molar-refractivity contribution in [3.05, 3.63) is 65.5 Å². The second-order valence-electron chi connectivity index (χ2n) is 5.89. The van der Waals surface area contributed by atoms with E-state index >= 15 is 0 Å². The highest BCUT2D eigenvalue weighted by Gasteiger charge is 2.24. The normalized spacial score (nSPS) is 10.7. The molecule has 128 valence electrons. The summed E-state index contributed by atoms with van der Waals surface area (Å²) >= 11 is 0. The van der Waals surface area contributed by atoms with Crippen LogP contribution in [0, 0.1) is 13.8 Å². The van der Waals surface area contributed by atoms with E-state index in [9.17, 15) is 4.79 Å². The Bertz CT molecular complexity index is 901. The highest BCUT2D eigenvalue weighted by Crippen LogP contribution is 2.29. The molecule has 6 heteroatoms. The second kappa shape index (κ2) is 6.76. The van der Waals surface area contributed by atoms with Gasteiger partial charge in [0, 0.05) is 6.42 Å². The number of urea groups is 1. The Morgan fingerprint density at radius 3 is 2.48 bits per heavy atom. The molecule has 6 nitrogen and oxygen atoms in total. The fraction of sp³-hybridized carbons (Fsp3) is 0.211. The fourth-order valence-electron chi connectivity index (χ4n) is 2.76. The molecule has 0 saturated carbocycles. The maximum Gasteiger partial charge on any atom is 0.326 e. The molecule has 3 rings (SSSR count). The third-order valence-electron chi connectivity index (χ3n) is 3.96. The molecule has 2 amide bonds. The predicted octanol–water partition coefficient (Wildman–Crippen LogP) is 3.66. The van der Waals surface area contributed by atoms with Crippen molar-refractivity contribution in [3.8, 4) is 5.69 Å². The van der Waals surface area contributed by atoms with Crippen molar-refractivity contribution < 1.29 is 4.79 Å². The Kier molecular flexibility index (Phi) is 4.52. The minimum absolute atomic E-state index is 0.391. The van der Waals surface area contributed by atoms with Crippen LogP contribution in [-0.2, 0) is 6.42 Å². The van der Waals surface area contributed by atoms with Crippen molar-refractivity contribution >= 4 is 17.7 Å². The van der Waals surface area contributed by atoms with E-state index in [1.807, 2.05) is 69.3 Å². The predicted molar refractivity (Wildman–Crippen MR) is 98.4 cm³/mol. The molecule has 0 bridgehead atoms. The van der Waals surface area contributed by atoms with E-state index in [2.05, 4.69) is 10.1 Å². The fourth-order valence-corrected chi connectivity index (χ4v) is 2.76. The average molecular weight is 335 g/mol. The van der Waals surface area contributed by atoms with Crippen molar-refractivity contribution in [1.29, 1.82) is 0 Å². The van der Waals surface area contributed by atoms with E-state index in [1.165, 1.54) is 4.90 Å². The van der Waals surface area contributed by atoms with Gasteiger partial charge in [-0.25, -0.2) is 9.69 Å². The molecular weight excluding hydrogens is 314 g/mol. The van der Waals surface area contributed by atoms with Crippen LogP contribution in [0.5, 0.6) is 0 Å². The van der Waals surface area contributed by atoms with Crippen LogP contribution >= 0.6 is 0 Å². The third-order valence-corrected chi connectivity index (χ3v) is 3.96. The molecule has 0 radical (unpaired) electrons. The van der Waals surface area contributed by atoms with Gasteiger partial charge in [-0.15, -0.1) is 5.10 Å². The van der Waals surface area contributed by atoms with E-state index in [0.29, 0.717) is 23.9 Å². The summed E-state index contributed by atoms with van der Waals surface area (Å²) in [5, 5.41) is 4.53. The van der Waals surface area contributed by atoms with Crippen LogP contribution < -0.4 is 10.6 Å². The summed E-state index contributed by atoms with van der Waals surface area (Å²) in [6.45, 7) is 5.93. The molecule has 0 spiro atoms. The van der Waals surface area contributed by atoms with Gasteiger partial charge in [0.1, 0.15) is 0 Å². The Morgan fingerprint density at radius 1 is 1.16 bits per heavy atom. The number of para-hydroxylation sites is 1. The zero-order valence-corrected chi connectivity index (χ0v) is 14.6. The number of nitrogens with two attached hydrogens (primary N) is 1. The van der Waals surface area contributed by atoms with Crippen LogP contribution in [0.15, 0.2) is 48.5 Å². The van der Waals surface area contributed by atoms with Gasteiger partial charge >= 0.3 is 6.03 Å². The van der Waals surface area contributed by atoms with Crippen molar-refractivity contribution in [1.82, 2.24) is 14.8 Å². The lowest BCUT2D eigenvalue weighted by atomic mass is 10.1. The van der Waals surface area contributed by atoms with Crippen molar-refractivity contribution in [2.75, 3.05) is 4.90 Å². The van der Waals surface area contributed by atoms with Crippen LogP contribution in [-0.4, -0.2) is 20.8 Å². The summed E-state index contributed by atoms with van der Waals surface area (Å²) in [4.78, 5) is 18.2. The lowest BCUT2D eigenvalue weighted by molar-refractivity contribution is 0.255. The molecule has 1 heterocycles. The van der Waals surface area contributed by atoms with Gasteiger partial charge in [0.2, 0.25) is 5.95 Å². The van der Waals surface area contributed by atoms with Gasteiger partial charge in [-0.3, -0.25) is 0 Å². The third kappa shape index (κ3) is 3.24. The van der Waals surface area contributed by atoms with Crippen LogP contribution in [0.1, 0.15) is 23.9 Å². The Hall–Kier alpha value is -3.15. The largest absolute Gasteiger partial charge is 0.351 e. The Balaban J connectivity index is 2.20. The van der Waals surface area contributed by atoms with Crippen molar-refractivity contribution in [3.63, 3.8) is 0 Å². The summed E-state index contributed by atoms with van der Waals surface area (Å²) < 4.78 is 1.66. The summed E-state index contributed by atoms with van der Waals surface area (Å²) in [7, 11) is 0. The number of benzene rings is 2. The van der Waals surface area contributed by atoms with Crippen molar-refractivity contribution in [2.24, 2.45) is 5.73 Å². The number of aromatic nitrogens is 3. The number of nitrogens with zero attached hydrogens (tertiary/aromatic N) is 4. The molecule has 1 aromatic heterocycles. The topological polar surface area (TPSA) is 77.0 Å². The minimum Gasteiger partial charge on any atom is -0.351 e. The highest BCUT2D eigenvalue weighted by atomic mass is 16.2. The summed E-state index contributed by atoms with van der Waals surface area (Å²) in [5.74, 6) is 1.04. The number of hydrogen-bond acceptors (Lipinski definition) is 3. The standard InChI is InChI=1S/C19H21N5O/c1-4-17-21-19(24(22-17)15-8-6-5-7-9-15)23(18(20)25)16-11-10-13(2)12-14(16)3/h5-12H,4H2,1-3H3,(H2,20,25). The van der Waals surface area contributed by atoms with E-state index in [1.54, 1.807) is 4.68 Å². The summed E-state index contributed by atoms with van der Waals surface area (Å²) in [6, 6.07) is 14.8. The number of aryl methyl sites for hydroxylation is 3. The van der Waals surface area contributed by atoms with Crippen LogP contribution in [0.25, 0.3) is 5.69 Å². The number of amides is 2. The summed E-state index contributed by atoms with van der Waals surface area (Å²) in [6.07, 6.45) is 0.659.